The second kappa shape index (κ2) is 7.63. The Morgan fingerprint density at radius 2 is 1.58 bits per heavy atom. The Morgan fingerprint density at radius 3 is 2.16 bits per heavy atom. The van der Waals surface area contributed by atoms with E-state index in [0.717, 1.165) is 32.7 Å². The first-order valence-corrected chi connectivity index (χ1v) is 7.40. The van der Waals surface area contributed by atoms with Crippen molar-refractivity contribution in [2.75, 3.05) is 45.9 Å². The van der Waals surface area contributed by atoms with Crippen LogP contribution in [-0.4, -0.2) is 60.8 Å². The largest absolute Gasteiger partial charge is 0.395 e. The molecule has 1 saturated heterocycles. The predicted octanol–water partition coefficient (Wildman–Crippen LogP) is 1.79. The summed E-state index contributed by atoms with van der Waals surface area (Å²) in [5.74, 6) is 0.636. The van der Waals surface area contributed by atoms with Crippen molar-refractivity contribution in [1.29, 1.82) is 0 Å². The summed E-state index contributed by atoms with van der Waals surface area (Å²) >= 11 is 0. The van der Waals surface area contributed by atoms with Gasteiger partial charge in [0.1, 0.15) is 0 Å². The van der Waals surface area contributed by atoms with Crippen LogP contribution in [0.2, 0.25) is 0 Å². The Hall–Kier alpha value is -0.900. The molecule has 19 heavy (non-hydrogen) atoms. The van der Waals surface area contributed by atoms with Crippen LogP contribution in [0.1, 0.15) is 24.8 Å². The predicted molar refractivity (Wildman–Crippen MR) is 79.4 cm³/mol. The Kier molecular flexibility index (Phi) is 5.83. The summed E-state index contributed by atoms with van der Waals surface area (Å²) < 4.78 is 0. The van der Waals surface area contributed by atoms with Gasteiger partial charge in [0.05, 0.1) is 6.61 Å². The van der Waals surface area contributed by atoms with E-state index in [9.17, 15) is 0 Å². The van der Waals surface area contributed by atoms with Gasteiger partial charge in [0, 0.05) is 32.7 Å². The van der Waals surface area contributed by atoms with Crippen LogP contribution in [0.5, 0.6) is 0 Å². The van der Waals surface area contributed by atoms with Crippen molar-refractivity contribution in [3.63, 3.8) is 0 Å². The molecule has 1 N–H and O–H groups in total. The van der Waals surface area contributed by atoms with E-state index in [2.05, 4.69) is 47.1 Å². The highest BCUT2D eigenvalue weighted by molar-refractivity contribution is 5.18. The van der Waals surface area contributed by atoms with Crippen molar-refractivity contribution in [3.8, 4) is 0 Å². The highest BCUT2D eigenvalue weighted by atomic mass is 16.3. The number of hydrogen-bond acceptors (Lipinski definition) is 3. The van der Waals surface area contributed by atoms with Gasteiger partial charge in [0.2, 0.25) is 0 Å². The minimum Gasteiger partial charge on any atom is -0.395 e. The zero-order chi connectivity index (χ0) is 13.5. The summed E-state index contributed by atoms with van der Waals surface area (Å²) in [7, 11) is 0. The van der Waals surface area contributed by atoms with Crippen molar-refractivity contribution < 1.29 is 5.11 Å². The van der Waals surface area contributed by atoms with Crippen molar-refractivity contribution in [2.24, 2.45) is 0 Å². The maximum absolute atomic E-state index is 8.93. The molecule has 0 radical (unpaired) electrons. The average Bonchev–Trinajstić information content (AvgIpc) is 2.47. The van der Waals surface area contributed by atoms with Crippen LogP contribution in [0, 0.1) is 0 Å². The first kappa shape index (κ1) is 14.5. The molecule has 106 valence electrons. The van der Waals surface area contributed by atoms with Crippen LogP contribution in [-0.2, 0) is 0 Å². The molecule has 1 atom stereocenters. The zero-order valence-corrected chi connectivity index (χ0v) is 12.0. The maximum Gasteiger partial charge on any atom is 0.0558 e. The van der Waals surface area contributed by atoms with Crippen molar-refractivity contribution in [3.05, 3.63) is 35.9 Å². The van der Waals surface area contributed by atoms with Crippen LogP contribution in [0.4, 0.5) is 0 Å². The molecule has 1 heterocycles. The fourth-order valence-electron chi connectivity index (χ4n) is 2.70. The van der Waals surface area contributed by atoms with Gasteiger partial charge in [-0.25, -0.2) is 0 Å². The normalized spacial score (nSPS) is 19.5. The molecule has 1 aromatic rings. The molecule has 0 aromatic heterocycles. The third-order valence-electron chi connectivity index (χ3n) is 4.13. The molecule has 2 rings (SSSR count). The van der Waals surface area contributed by atoms with E-state index in [1.807, 2.05) is 0 Å². The molecule has 0 amide bonds. The smallest absolute Gasteiger partial charge is 0.0558 e. The van der Waals surface area contributed by atoms with Crippen LogP contribution < -0.4 is 0 Å². The Bertz CT molecular complexity index is 347. The monoisotopic (exact) mass is 262 g/mol. The third-order valence-corrected chi connectivity index (χ3v) is 4.13. The number of piperazine rings is 1. The SMILES string of the molecule is C[C@@H](CCN1CCN(CCO)CC1)c1ccccc1. The number of β-amino-alcohol motifs (C(OH)–C–C–N with tert-alkyl or cyclic N) is 1. The zero-order valence-electron chi connectivity index (χ0n) is 12.0. The summed E-state index contributed by atoms with van der Waals surface area (Å²) in [6.45, 7) is 9.09. The molecule has 1 aliphatic rings. The molecule has 1 fully saturated rings. The summed E-state index contributed by atoms with van der Waals surface area (Å²) in [5.41, 5.74) is 1.45. The van der Waals surface area contributed by atoms with Crippen LogP contribution in [0.3, 0.4) is 0 Å². The number of nitrogens with zero attached hydrogens (tertiary/aromatic N) is 2. The molecule has 1 aliphatic heterocycles. The molecular formula is C16H26N2O. The molecular weight excluding hydrogens is 236 g/mol. The van der Waals surface area contributed by atoms with Gasteiger partial charge in [0.15, 0.2) is 0 Å². The lowest BCUT2D eigenvalue weighted by molar-refractivity contribution is 0.111. The Balaban J connectivity index is 1.69. The van der Waals surface area contributed by atoms with Gasteiger partial charge >= 0.3 is 0 Å². The lowest BCUT2D eigenvalue weighted by Crippen LogP contribution is -2.47. The molecule has 0 spiro atoms. The van der Waals surface area contributed by atoms with Crippen LogP contribution >= 0.6 is 0 Å². The van der Waals surface area contributed by atoms with Gasteiger partial charge < -0.3 is 10.0 Å². The molecule has 0 saturated carbocycles. The molecule has 1 aromatic carbocycles. The van der Waals surface area contributed by atoms with E-state index in [-0.39, 0.29) is 6.61 Å². The van der Waals surface area contributed by atoms with Crippen molar-refractivity contribution >= 4 is 0 Å². The number of aliphatic hydroxyl groups is 1. The number of hydrogen-bond donors (Lipinski definition) is 1. The third kappa shape index (κ3) is 4.60. The van der Waals surface area contributed by atoms with E-state index >= 15 is 0 Å². The maximum atomic E-state index is 8.93. The van der Waals surface area contributed by atoms with Gasteiger partial charge in [-0.2, -0.15) is 0 Å². The highest BCUT2D eigenvalue weighted by Crippen LogP contribution is 2.19. The van der Waals surface area contributed by atoms with Gasteiger partial charge in [-0.1, -0.05) is 37.3 Å². The van der Waals surface area contributed by atoms with Crippen molar-refractivity contribution in [1.82, 2.24) is 9.80 Å². The van der Waals surface area contributed by atoms with Gasteiger partial charge in [-0.05, 0) is 24.4 Å². The Labute approximate surface area is 116 Å². The standard InChI is InChI=1S/C16H26N2O/c1-15(16-5-3-2-4-6-16)7-8-17-9-11-18(12-10-17)13-14-19/h2-6,15,19H,7-14H2,1H3/t15-/m0/s1. The highest BCUT2D eigenvalue weighted by Gasteiger charge is 2.16. The summed E-state index contributed by atoms with van der Waals surface area (Å²) in [4.78, 5) is 4.89. The molecule has 3 nitrogen and oxygen atoms in total. The lowest BCUT2D eigenvalue weighted by Gasteiger charge is -2.34. The average molecular weight is 262 g/mol. The molecule has 0 unspecified atom stereocenters. The number of aliphatic hydroxyl groups excluding tert-OH is 1. The van der Waals surface area contributed by atoms with E-state index in [0.29, 0.717) is 5.92 Å². The van der Waals surface area contributed by atoms with E-state index in [1.54, 1.807) is 0 Å². The van der Waals surface area contributed by atoms with Gasteiger partial charge in [0.25, 0.3) is 0 Å². The number of benzene rings is 1. The van der Waals surface area contributed by atoms with Gasteiger partial charge in [-0.3, -0.25) is 4.90 Å². The van der Waals surface area contributed by atoms with Crippen LogP contribution in [0.25, 0.3) is 0 Å². The first-order valence-electron chi connectivity index (χ1n) is 7.40. The fourth-order valence-corrected chi connectivity index (χ4v) is 2.70. The minimum atomic E-state index is 0.283. The molecule has 0 bridgehead atoms. The quantitative estimate of drug-likeness (QED) is 0.847. The molecule has 3 heteroatoms. The van der Waals surface area contributed by atoms with Crippen LogP contribution in [0.15, 0.2) is 30.3 Å². The van der Waals surface area contributed by atoms with Gasteiger partial charge in [-0.15, -0.1) is 0 Å². The van der Waals surface area contributed by atoms with E-state index < -0.39 is 0 Å². The van der Waals surface area contributed by atoms with E-state index in [1.165, 1.54) is 18.5 Å². The first-order chi connectivity index (χ1) is 9.29. The second-order valence-electron chi connectivity index (χ2n) is 5.51. The Morgan fingerprint density at radius 1 is 1.00 bits per heavy atom. The minimum absolute atomic E-state index is 0.283. The summed E-state index contributed by atoms with van der Waals surface area (Å²) in [5, 5.41) is 8.93. The van der Waals surface area contributed by atoms with E-state index in [4.69, 9.17) is 5.11 Å². The fraction of sp³-hybridized carbons (Fsp3) is 0.625. The number of rotatable bonds is 6. The van der Waals surface area contributed by atoms with Crippen molar-refractivity contribution in [2.45, 2.75) is 19.3 Å². The second-order valence-corrected chi connectivity index (χ2v) is 5.51. The molecule has 0 aliphatic carbocycles. The summed E-state index contributed by atoms with van der Waals surface area (Å²) in [6.07, 6.45) is 1.23. The summed E-state index contributed by atoms with van der Waals surface area (Å²) in [6, 6.07) is 10.8. The lowest BCUT2D eigenvalue weighted by atomic mass is 9.97. The topological polar surface area (TPSA) is 26.7 Å².